The SMILES string of the molecule is COC(=O)CN1CCC(N[C@H]2CCO[C@@H](c3ccccc3)C2)CC1. The van der Waals surface area contributed by atoms with E-state index >= 15 is 0 Å². The molecule has 0 radical (unpaired) electrons. The molecule has 2 saturated heterocycles. The van der Waals surface area contributed by atoms with Crippen LogP contribution >= 0.6 is 0 Å². The Morgan fingerprint density at radius 3 is 2.67 bits per heavy atom. The summed E-state index contributed by atoms with van der Waals surface area (Å²) in [6.45, 7) is 3.14. The van der Waals surface area contributed by atoms with Gasteiger partial charge < -0.3 is 14.8 Å². The maximum absolute atomic E-state index is 11.4. The zero-order valence-corrected chi connectivity index (χ0v) is 14.4. The number of piperidine rings is 1. The van der Waals surface area contributed by atoms with Crippen LogP contribution in [0.15, 0.2) is 30.3 Å². The average molecular weight is 332 g/mol. The van der Waals surface area contributed by atoms with Crippen molar-refractivity contribution in [3.8, 4) is 0 Å². The lowest BCUT2D eigenvalue weighted by Gasteiger charge is -2.37. The number of carbonyl (C=O) groups excluding carboxylic acids is 1. The van der Waals surface area contributed by atoms with Crippen molar-refractivity contribution < 1.29 is 14.3 Å². The van der Waals surface area contributed by atoms with E-state index in [1.807, 2.05) is 6.07 Å². The number of hydrogen-bond acceptors (Lipinski definition) is 5. The Morgan fingerprint density at radius 1 is 1.21 bits per heavy atom. The van der Waals surface area contributed by atoms with E-state index in [4.69, 9.17) is 9.47 Å². The molecule has 0 spiro atoms. The minimum Gasteiger partial charge on any atom is -0.468 e. The summed E-state index contributed by atoms with van der Waals surface area (Å²) in [6.07, 6.45) is 4.49. The van der Waals surface area contributed by atoms with E-state index in [1.165, 1.54) is 12.7 Å². The predicted octanol–water partition coefficient (Wildman–Crippen LogP) is 2.13. The van der Waals surface area contributed by atoms with Gasteiger partial charge in [0.2, 0.25) is 0 Å². The fraction of sp³-hybridized carbons (Fsp3) is 0.632. The standard InChI is InChI=1S/C19H28N2O3/c1-23-19(22)14-21-10-7-16(8-11-21)20-17-9-12-24-18(13-17)15-5-3-2-4-6-15/h2-6,16-18,20H,7-14H2,1H3/t17-,18+/m0/s1. The summed E-state index contributed by atoms with van der Waals surface area (Å²) in [4.78, 5) is 13.5. The van der Waals surface area contributed by atoms with Crippen molar-refractivity contribution in [3.63, 3.8) is 0 Å². The van der Waals surface area contributed by atoms with E-state index in [0.717, 1.165) is 45.4 Å². The van der Waals surface area contributed by atoms with Gasteiger partial charge in [0.15, 0.2) is 0 Å². The molecule has 0 unspecified atom stereocenters. The van der Waals surface area contributed by atoms with E-state index in [-0.39, 0.29) is 12.1 Å². The Morgan fingerprint density at radius 2 is 1.96 bits per heavy atom. The van der Waals surface area contributed by atoms with Crippen molar-refractivity contribution in [3.05, 3.63) is 35.9 Å². The van der Waals surface area contributed by atoms with Gasteiger partial charge >= 0.3 is 5.97 Å². The van der Waals surface area contributed by atoms with Crippen LogP contribution in [-0.2, 0) is 14.3 Å². The summed E-state index contributed by atoms with van der Waals surface area (Å²) in [5.41, 5.74) is 1.27. The fourth-order valence-electron chi connectivity index (χ4n) is 3.69. The molecule has 24 heavy (non-hydrogen) atoms. The van der Waals surface area contributed by atoms with Gasteiger partial charge in [0.05, 0.1) is 19.8 Å². The quantitative estimate of drug-likeness (QED) is 0.837. The van der Waals surface area contributed by atoms with Crippen molar-refractivity contribution in [1.82, 2.24) is 10.2 Å². The maximum atomic E-state index is 11.4. The van der Waals surface area contributed by atoms with Crippen molar-refractivity contribution in [1.29, 1.82) is 0 Å². The van der Waals surface area contributed by atoms with Crippen LogP contribution in [-0.4, -0.2) is 56.3 Å². The number of nitrogens with zero attached hydrogens (tertiary/aromatic N) is 1. The van der Waals surface area contributed by atoms with Crippen LogP contribution in [0.2, 0.25) is 0 Å². The molecule has 2 atom stereocenters. The number of benzene rings is 1. The third kappa shape index (κ3) is 4.79. The van der Waals surface area contributed by atoms with Crippen molar-refractivity contribution in [2.45, 2.75) is 43.9 Å². The van der Waals surface area contributed by atoms with Crippen LogP contribution in [0.5, 0.6) is 0 Å². The number of hydrogen-bond donors (Lipinski definition) is 1. The Hall–Kier alpha value is -1.43. The van der Waals surface area contributed by atoms with Gasteiger partial charge in [-0.25, -0.2) is 0 Å². The summed E-state index contributed by atoms with van der Waals surface area (Å²) in [7, 11) is 1.45. The summed E-state index contributed by atoms with van der Waals surface area (Å²) in [6, 6.07) is 11.6. The van der Waals surface area contributed by atoms with Gasteiger partial charge in [0.1, 0.15) is 0 Å². The number of likely N-dealkylation sites (tertiary alicyclic amines) is 1. The van der Waals surface area contributed by atoms with Crippen LogP contribution in [0.3, 0.4) is 0 Å². The molecular formula is C19H28N2O3. The molecule has 2 heterocycles. The molecule has 0 amide bonds. The first-order valence-corrected chi connectivity index (χ1v) is 8.96. The van der Waals surface area contributed by atoms with E-state index in [9.17, 15) is 4.79 Å². The van der Waals surface area contributed by atoms with Crippen LogP contribution in [0.1, 0.15) is 37.4 Å². The fourth-order valence-corrected chi connectivity index (χ4v) is 3.69. The number of nitrogens with one attached hydrogen (secondary N) is 1. The van der Waals surface area contributed by atoms with E-state index in [1.54, 1.807) is 0 Å². The number of esters is 1. The van der Waals surface area contributed by atoms with Gasteiger partial charge in [-0.3, -0.25) is 9.69 Å². The smallest absolute Gasteiger partial charge is 0.319 e. The minimum atomic E-state index is -0.142. The first-order valence-electron chi connectivity index (χ1n) is 8.96. The molecule has 0 bridgehead atoms. The second-order valence-electron chi connectivity index (χ2n) is 6.78. The molecule has 132 valence electrons. The molecule has 2 fully saturated rings. The third-order valence-electron chi connectivity index (χ3n) is 5.09. The monoisotopic (exact) mass is 332 g/mol. The largest absolute Gasteiger partial charge is 0.468 e. The Bertz CT molecular complexity index is 515. The molecule has 5 nitrogen and oxygen atoms in total. The number of methoxy groups -OCH3 is 1. The van der Waals surface area contributed by atoms with Crippen molar-refractivity contribution >= 4 is 5.97 Å². The van der Waals surface area contributed by atoms with Gasteiger partial charge in [-0.2, -0.15) is 0 Å². The second-order valence-corrected chi connectivity index (χ2v) is 6.78. The van der Waals surface area contributed by atoms with Crippen LogP contribution < -0.4 is 5.32 Å². The first kappa shape index (κ1) is 17.4. The maximum Gasteiger partial charge on any atom is 0.319 e. The van der Waals surface area contributed by atoms with Gasteiger partial charge in [-0.05, 0) is 31.2 Å². The highest BCUT2D eigenvalue weighted by Crippen LogP contribution is 2.28. The van der Waals surface area contributed by atoms with E-state index in [2.05, 4.69) is 34.5 Å². The normalized spacial score (nSPS) is 26.2. The lowest BCUT2D eigenvalue weighted by Crippen LogP contribution is -2.48. The lowest BCUT2D eigenvalue weighted by atomic mass is 9.95. The zero-order valence-electron chi connectivity index (χ0n) is 14.4. The molecule has 3 rings (SSSR count). The topological polar surface area (TPSA) is 50.8 Å². The van der Waals surface area contributed by atoms with Gasteiger partial charge in [0, 0.05) is 31.8 Å². The minimum absolute atomic E-state index is 0.142. The average Bonchev–Trinajstić information content (AvgIpc) is 2.64. The summed E-state index contributed by atoms with van der Waals surface area (Å²) < 4.78 is 10.7. The van der Waals surface area contributed by atoms with Gasteiger partial charge in [-0.15, -0.1) is 0 Å². The molecule has 2 aliphatic rings. The van der Waals surface area contributed by atoms with Crippen molar-refractivity contribution in [2.75, 3.05) is 33.4 Å². The number of rotatable bonds is 5. The van der Waals surface area contributed by atoms with E-state index in [0.29, 0.717) is 18.6 Å². The highest BCUT2D eigenvalue weighted by molar-refractivity contribution is 5.71. The van der Waals surface area contributed by atoms with Crippen LogP contribution in [0.4, 0.5) is 0 Å². The summed E-state index contributed by atoms with van der Waals surface area (Å²) in [5, 5.41) is 3.82. The molecular weight excluding hydrogens is 304 g/mol. The first-order chi connectivity index (χ1) is 11.7. The summed E-state index contributed by atoms with van der Waals surface area (Å²) >= 11 is 0. The molecule has 2 aliphatic heterocycles. The molecule has 5 heteroatoms. The van der Waals surface area contributed by atoms with Crippen molar-refractivity contribution in [2.24, 2.45) is 0 Å². The molecule has 1 aromatic rings. The highest BCUT2D eigenvalue weighted by atomic mass is 16.5. The highest BCUT2D eigenvalue weighted by Gasteiger charge is 2.27. The molecule has 0 saturated carbocycles. The summed E-state index contributed by atoms with van der Waals surface area (Å²) in [5.74, 6) is -0.142. The van der Waals surface area contributed by atoms with E-state index < -0.39 is 0 Å². The van der Waals surface area contributed by atoms with Crippen LogP contribution in [0.25, 0.3) is 0 Å². The molecule has 0 aromatic heterocycles. The molecule has 1 N–H and O–H groups in total. The van der Waals surface area contributed by atoms with Gasteiger partial charge in [-0.1, -0.05) is 30.3 Å². The predicted molar refractivity (Wildman–Crippen MR) is 92.8 cm³/mol. The van der Waals surface area contributed by atoms with Crippen LogP contribution in [0, 0.1) is 0 Å². The number of carbonyl (C=O) groups is 1. The Labute approximate surface area is 144 Å². The Kier molecular flexibility index (Phi) is 6.24. The zero-order chi connectivity index (χ0) is 16.8. The Balaban J connectivity index is 1.44. The molecule has 1 aromatic carbocycles. The molecule has 0 aliphatic carbocycles. The third-order valence-corrected chi connectivity index (χ3v) is 5.09. The van der Waals surface area contributed by atoms with Gasteiger partial charge in [0.25, 0.3) is 0 Å². The number of ether oxygens (including phenoxy) is 2. The second kappa shape index (κ2) is 8.60. The lowest BCUT2D eigenvalue weighted by molar-refractivity contribution is -0.142.